The van der Waals surface area contributed by atoms with Crippen molar-refractivity contribution in [1.82, 2.24) is 10.6 Å². The number of aliphatic imine (C=N–C) groups is 1. The highest BCUT2D eigenvalue weighted by atomic mass is 127. The van der Waals surface area contributed by atoms with E-state index < -0.39 is 0 Å². The molecule has 0 saturated carbocycles. The lowest BCUT2D eigenvalue weighted by molar-refractivity contribution is 0.310. The maximum absolute atomic E-state index is 5.50. The summed E-state index contributed by atoms with van der Waals surface area (Å²) in [4.78, 5) is 4.37. The summed E-state index contributed by atoms with van der Waals surface area (Å²) < 4.78 is 10.8. The van der Waals surface area contributed by atoms with Gasteiger partial charge >= 0.3 is 0 Å². The Morgan fingerprint density at radius 3 is 2.85 bits per heavy atom. The lowest BCUT2D eigenvalue weighted by Gasteiger charge is -2.16. The van der Waals surface area contributed by atoms with Gasteiger partial charge in [0.25, 0.3) is 0 Å². The second-order valence-electron chi connectivity index (χ2n) is 4.28. The number of methoxy groups -OCH3 is 1. The molecule has 0 unspecified atom stereocenters. The maximum atomic E-state index is 5.50. The third-order valence-electron chi connectivity index (χ3n) is 2.89. The van der Waals surface area contributed by atoms with Crippen LogP contribution >= 0.6 is 24.0 Å². The van der Waals surface area contributed by atoms with E-state index in [2.05, 4.69) is 15.6 Å². The summed E-state index contributed by atoms with van der Waals surface area (Å²) in [7, 11) is 1.65. The molecule has 1 aliphatic heterocycles. The molecule has 0 aliphatic carbocycles. The number of halogens is 1. The Kier molecular flexibility index (Phi) is 7.50. The molecule has 20 heavy (non-hydrogen) atoms. The van der Waals surface area contributed by atoms with Crippen molar-refractivity contribution in [3.63, 3.8) is 0 Å². The molecule has 0 saturated heterocycles. The summed E-state index contributed by atoms with van der Waals surface area (Å²) in [6.07, 6.45) is 1.10. The smallest absolute Gasteiger partial charge is 0.191 e. The largest absolute Gasteiger partial charge is 0.493 e. The van der Waals surface area contributed by atoms with Gasteiger partial charge in [-0.1, -0.05) is 6.07 Å². The molecule has 1 aromatic carbocycles. The highest BCUT2D eigenvalue weighted by molar-refractivity contribution is 14.0. The van der Waals surface area contributed by atoms with Crippen LogP contribution in [0, 0.1) is 0 Å². The molecule has 0 bridgehead atoms. The quantitative estimate of drug-likeness (QED) is 0.756. The van der Waals surface area contributed by atoms with Gasteiger partial charge in [0.15, 0.2) is 17.5 Å². The third-order valence-corrected chi connectivity index (χ3v) is 2.89. The molecule has 0 radical (unpaired) electrons. The molecule has 0 spiro atoms. The van der Waals surface area contributed by atoms with Crippen LogP contribution in [0.3, 0.4) is 0 Å². The van der Waals surface area contributed by atoms with E-state index >= 15 is 0 Å². The topological polar surface area (TPSA) is 54.9 Å². The third kappa shape index (κ3) is 4.73. The summed E-state index contributed by atoms with van der Waals surface area (Å²) in [5.74, 6) is 2.42. The molecular weight excluding hydrogens is 369 g/mol. The molecular formula is C14H22IN3O2. The highest BCUT2D eigenvalue weighted by Gasteiger charge is 2.07. The molecule has 0 amide bonds. The summed E-state index contributed by atoms with van der Waals surface area (Å²) in [6.45, 7) is 5.19. The Bertz CT molecular complexity index is 452. The first-order valence-corrected chi connectivity index (χ1v) is 6.65. The van der Waals surface area contributed by atoms with Gasteiger partial charge in [0.1, 0.15) is 0 Å². The Morgan fingerprint density at radius 2 is 2.20 bits per heavy atom. The fourth-order valence-electron chi connectivity index (χ4n) is 1.93. The molecule has 1 heterocycles. The highest BCUT2D eigenvalue weighted by Crippen LogP contribution is 2.27. The number of ether oxygens (including phenoxy) is 2. The van der Waals surface area contributed by atoms with Crippen LogP contribution in [0.5, 0.6) is 11.5 Å². The Hall–Kier alpha value is -1.18. The molecule has 1 aromatic rings. The monoisotopic (exact) mass is 391 g/mol. The first-order valence-electron chi connectivity index (χ1n) is 6.65. The minimum atomic E-state index is 0. The zero-order valence-electron chi connectivity index (χ0n) is 11.9. The van der Waals surface area contributed by atoms with Gasteiger partial charge in [0.05, 0.1) is 13.7 Å². The Labute approximate surface area is 137 Å². The second-order valence-corrected chi connectivity index (χ2v) is 4.28. The fraction of sp³-hybridized carbons (Fsp3) is 0.500. The first kappa shape index (κ1) is 16.9. The summed E-state index contributed by atoms with van der Waals surface area (Å²) >= 11 is 0. The van der Waals surface area contributed by atoms with Crippen LogP contribution in [0.15, 0.2) is 23.2 Å². The molecule has 1 aliphatic rings. The van der Waals surface area contributed by atoms with Crippen LogP contribution < -0.4 is 20.1 Å². The van der Waals surface area contributed by atoms with Crippen molar-refractivity contribution in [3.05, 3.63) is 23.8 Å². The van der Waals surface area contributed by atoms with Crippen molar-refractivity contribution in [2.75, 3.05) is 26.8 Å². The van der Waals surface area contributed by atoms with Crippen LogP contribution in [-0.4, -0.2) is 32.8 Å². The predicted octanol–water partition coefficient (Wildman–Crippen LogP) is 2.15. The van der Waals surface area contributed by atoms with Crippen molar-refractivity contribution < 1.29 is 9.47 Å². The number of benzene rings is 1. The average Bonchev–Trinajstić information content (AvgIpc) is 2.47. The first-order chi connectivity index (χ1) is 9.33. The van der Waals surface area contributed by atoms with Crippen LogP contribution in [0.2, 0.25) is 0 Å². The normalized spacial score (nSPS) is 13.6. The summed E-state index contributed by atoms with van der Waals surface area (Å²) in [5.41, 5.74) is 1.13. The van der Waals surface area contributed by atoms with Gasteiger partial charge in [0.2, 0.25) is 0 Å². The van der Waals surface area contributed by atoms with E-state index in [4.69, 9.17) is 9.47 Å². The lowest BCUT2D eigenvalue weighted by Crippen LogP contribution is -2.40. The van der Waals surface area contributed by atoms with Gasteiger partial charge in [-0.25, -0.2) is 0 Å². The van der Waals surface area contributed by atoms with E-state index in [0.717, 1.165) is 42.5 Å². The van der Waals surface area contributed by atoms with Crippen LogP contribution in [-0.2, 0) is 6.54 Å². The standard InChI is InChI=1S/C14H21N3O2.HI/c1-3-19-12-6-5-11(9-13(12)18-2)10-17-14-15-7-4-8-16-14;/h5-6,9H,3-4,7-8,10H2,1-2H3,(H2,15,16,17);1H. The van der Waals surface area contributed by atoms with Crippen molar-refractivity contribution >= 4 is 29.9 Å². The summed E-state index contributed by atoms with van der Waals surface area (Å²) in [6, 6.07) is 5.96. The van der Waals surface area contributed by atoms with E-state index in [0.29, 0.717) is 13.2 Å². The van der Waals surface area contributed by atoms with E-state index in [1.54, 1.807) is 7.11 Å². The second kappa shape index (κ2) is 8.89. The molecule has 5 nitrogen and oxygen atoms in total. The molecule has 6 heteroatoms. The van der Waals surface area contributed by atoms with Crippen LogP contribution in [0.1, 0.15) is 18.9 Å². The van der Waals surface area contributed by atoms with Gasteiger partial charge in [-0.15, -0.1) is 24.0 Å². The van der Waals surface area contributed by atoms with Crippen molar-refractivity contribution in [2.45, 2.75) is 19.9 Å². The van der Waals surface area contributed by atoms with Gasteiger partial charge in [-0.2, -0.15) is 0 Å². The lowest BCUT2D eigenvalue weighted by atomic mass is 10.2. The minimum Gasteiger partial charge on any atom is -0.493 e. The average molecular weight is 391 g/mol. The molecule has 112 valence electrons. The maximum Gasteiger partial charge on any atom is 0.191 e. The molecule has 0 atom stereocenters. The number of rotatable bonds is 5. The van der Waals surface area contributed by atoms with Crippen LogP contribution in [0.4, 0.5) is 0 Å². The van der Waals surface area contributed by atoms with Gasteiger partial charge in [0, 0.05) is 19.6 Å². The molecule has 2 N–H and O–H groups in total. The Morgan fingerprint density at radius 1 is 1.35 bits per heavy atom. The fourth-order valence-corrected chi connectivity index (χ4v) is 1.93. The van der Waals surface area contributed by atoms with Crippen LogP contribution in [0.25, 0.3) is 0 Å². The minimum absolute atomic E-state index is 0. The van der Waals surface area contributed by atoms with E-state index in [9.17, 15) is 0 Å². The predicted molar refractivity (Wildman–Crippen MR) is 91.3 cm³/mol. The Balaban J connectivity index is 0.00000200. The van der Waals surface area contributed by atoms with Gasteiger partial charge < -0.3 is 20.1 Å². The van der Waals surface area contributed by atoms with E-state index in [1.807, 2.05) is 25.1 Å². The number of hydrogen-bond donors (Lipinski definition) is 2. The zero-order chi connectivity index (χ0) is 13.5. The molecule has 2 rings (SSSR count). The number of nitrogens with one attached hydrogen (secondary N) is 2. The van der Waals surface area contributed by atoms with Crippen molar-refractivity contribution in [1.29, 1.82) is 0 Å². The van der Waals surface area contributed by atoms with Crippen molar-refractivity contribution in [3.8, 4) is 11.5 Å². The molecule has 0 fully saturated rings. The SMILES string of the molecule is CCOc1ccc(CNC2=NCCCN2)cc1OC.I. The van der Waals surface area contributed by atoms with Crippen molar-refractivity contribution in [2.24, 2.45) is 4.99 Å². The van der Waals surface area contributed by atoms with Gasteiger partial charge in [-0.05, 0) is 31.0 Å². The van der Waals surface area contributed by atoms with E-state index in [1.165, 1.54) is 0 Å². The zero-order valence-corrected chi connectivity index (χ0v) is 14.3. The van der Waals surface area contributed by atoms with Gasteiger partial charge in [-0.3, -0.25) is 4.99 Å². The van der Waals surface area contributed by atoms with E-state index in [-0.39, 0.29) is 24.0 Å². The molecule has 0 aromatic heterocycles. The number of nitrogens with zero attached hydrogens (tertiary/aromatic N) is 1. The number of hydrogen-bond acceptors (Lipinski definition) is 5. The number of guanidine groups is 1. The summed E-state index contributed by atoms with van der Waals surface area (Å²) in [5, 5.41) is 6.52.